The normalized spacial score (nSPS) is 14.2. The van der Waals surface area contributed by atoms with E-state index in [0.29, 0.717) is 46.0 Å². The second-order valence-electron chi connectivity index (χ2n) is 8.27. The molecule has 0 aromatic heterocycles. The molecule has 3 aromatic rings. The lowest BCUT2D eigenvalue weighted by Gasteiger charge is -2.19. The van der Waals surface area contributed by atoms with E-state index in [1.165, 1.54) is 16.9 Å². The molecule has 1 saturated heterocycles. The van der Waals surface area contributed by atoms with Crippen molar-refractivity contribution in [3.63, 3.8) is 0 Å². The highest BCUT2D eigenvalue weighted by atomic mass is 127. The molecule has 0 unspecified atom stereocenters. The summed E-state index contributed by atoms with van der Waals surface area (Å²) < 4.78 is 17.6. The number of hydrogen-bond acceptors (Lipinski definition) is 6. The number of esters is 1. The molecule has 0 radical (unpaired) electrons. The number of carbonyl (C=O) groups excluding carboxylic acids is 2. The van der Waals surface area contributed by atoms with E-state index in [0.717, 1.165) is 9.13 Å². The molecule has 1 aliphatic rings. The average Bonchev–Trinajstić information content (AvgIpc) is 3.12. The van der Waals surface area contributed by atoms with Crippen LogP contribution in [0.15, 0.2) is 66.4 Å². The van der Waals surface area contributed by atoms with Gasteiger partial charge in [-0.1, -0.05) is 35.3 Å². The number of halogens is 3. The molecule has 0 aliphatic carbocycles. The first-order valence-corrected chi connectivity index (χ1v) is 14.0. The van der Waals surface area contributed by atoms with Gasteiger partial charge in [-0.15, -0.1) is 0 Å². The van der Waals surface area contributed by atoms with Crippen LogP contribution in [0.2, 0.25) is 10.0 Å². The van der Waals surface area contributed by atoms with Crippen molar-refractivity contribution in [1.82, 2.24) is 4.90 Å². The maximum atomic E-state index is 13.6. The van der Waals surface area contributed by atoms with Crippen molar-refractivity contribution in [2.24, 2.45) is 0 Å². The summed E-state index contributed by atoms with van der Waals surface area (Å²) >= 11 is 19.9. The summed E-state index contributed by atoms with van der Waals surface area (Å²) in [5.74, 6) is 0.159. The Balaban J connectivity index is 1.71. The number of amides is 1. The fraction of sp³-hybridized carbons (Fsp3) is 0.179. The standard InChI is InChI=1S/C28H23Cl2IN2O5S/c1-3-37-24-14-18(12-22(31)26(24)38-16-17-5-4-6-20(30)11-17)13-23-27(35)33(21-9-7-19(29)8-10-21)28(39)32(23)15-25(34)36-2/h4-14H,3,15-16H2,1-2H3/b23-13-. The lowest BCUT2D eigenvalue weighted by Crippen LogP contribution is -2.35. The van der Waals surface area contributed by atoms with E-state index in [2.05, 4.69) is 22.6 Å². The molecule has 11 heteroatoms. The van der Waals surface area contributed by atoms with E-state index in [4.69, 9.17) is 49.6 Å². The SMILES string of the molecule is CCOc1cc(/C=C2/C(=O)N(c3ccc(Cl)cc3)C(=S)N2CC(=O)OC)cc(I)c1OCc1cccc(Cl)c1. The molecule has 1 aliphatic heterocycles. The van der Waals surface area contributed by atoms with Crippen molar-refractivity contribution in [2.45, 2.75) is 13.5 Å². The zero-order valence-corrected chi connectivity index (χ0v) is 25.4. The van der Waals surface area contributed by atoms with Gasteiger partial charge in [0.1, 0.15) is 18.8 Å². The third kappa shape index (κ3) is 6.84. The third-order valence-electron chi connectivity index (χ3n) is 5.64. The van der Waals surface area contributed by atoms with Gasteiger partial charge < -0.3 is 19.1 Å². The summed E-state index contributed by atoms with van der Waals surface area (Å²) in [7, 11) is 1.28. The highest BCUT2D eigenvalue weighted by molar-refractivity contribution is 14.1. The minimum Gasteiger partial charge on any atom is -0.490 e. The van der Waals surface area contributed by atoms with Crippen LogP contribution in [0, 0.1) is 3.57 Å². The van der Waals surface area contributed by atoms with Crippen LogP contribution in [0.4, 0.5) is 5.69 Å². The van der Waals surface area contributed by atoms with Crippen LogP contribution in [0.5, 0.6) is 11.5 Å². The zero-order valence-electron chi connectivity index (χ0n) is 20.9. The number of anilines is 1. The molecule has 0 spiro atoms. The summed E-state index contributed by atoms with van der Waals surface area (Å²) in [5.41, 5.74) is 2.32. The molecule has 202 valence electrons. The summed E-state index contributed by atoms with van der Waals surface area (Å²) in [6, 6.07) is 17.8. The summed E-state index contributed by atoms with van der Waals surface area (Å²) in [6.07, 6.45) is 1.67. The molecule has 1 amide bonds. The second kappa shape index (κ2) is 13.0. The highest BCUT2D eigenvalue weighted by Crippen LogP contribution is 2.37. The van der Waals surface area contributed by atoms with Crippen molar-refractivity contribution in [3.05, 3.63) is 91.1 Å². The predicted molar refractivity (Wildman–Crippen MR) is 164 cm³/mol. The summed E-state index contributed by atoms with van der Waals surface area (Å²) in [6.45, 7) is 2.35. The Morgan fingerprint density at radius 3 is 2.46 bits per heavy atom. The predicted octanol–water partition coefficient (Wildman–Crippen LogP) is 6.72. The minimum absolute atomic E-state index is 0.153. The second-order valence-corrected chi connectivity index (χ2v) is 10.7. The lowest BCUT2D eigenvalue weighted by atomic mass is 10.1. The van der Waals surface area contributed by atoms with E-state index in [-0.39, 0.29) is 23.3 Å². The average molecular weight is 697 g/mol. The van der Waals surface area contributed by atoms with Crippen LogP contribution in [0.1, 0.15) is 18.1 Å². The van der Waals surface area contributed by atoms with E-state index < -0.39 is 5.97 Å². The van der Waals surface area contributed by atoms with Gasteiger partial charge in [0.05, 0.1) is 23.0 Å². The van der Waals surface area contributed by atoms with Gasteiger partial charge in [-0.2, -0.15) is 0 Å². The van der Waals surface area contributed by atoms with Gasteiger partial charge in [-0.05, 0) is 107 Å². The first-order chi connectivity index (χ1) is 18.7. The van der Waals surface area contributed by atoms with E-state index in [9.17, 15) is 9.59 Å². The van der Waals surface area contributed by atoms with Crippen LogP contribution in [-0.2, 0) is 20.9 Å². The zero-order chi connectivity index (χ0) is 28.1. The number of hydrogen-bond donors (Lipinski definition) is 0. The van der Waals surface area contributed by atoms with E-state index in [1.807, 2.05) is 31.2 Å². The Kier molecular flexibility index (Phi) is 9.71. The first-order valence-electron chi connectivity index (χ1n) is 11.8. The third-order valence-corrected chi connectivity index (χ3v) is 7.33. The molecule has 0 bridgehead atoms. The topological polar surface area (TPSA) is 68.3 Å². The fourth-order valence-corrected chi connectivity index (χ4v) is 5.33. The Morgan fingerprint density at radius 1 is 1.05 bits per heavy atom. The van der Waals surface area contributed by atoms with Gasteiger partial charge in [0.15, 0.2) is 16.6 Å². The van der Waals surface area contributed by atoms with Crippen molar-refractivity contribution < 1.29 is 23.8 Å². The fourth-order valence-electron chi connectivity index (χ4n) is 3.86. The molecular formula is C28H23Cl2IN2O5S. The Hall–Kier alpha value is -2.86. The van der Waals surface area contributed by atoms with Gasteiger partial charge >= 0.3 is 5.97 Å². The molecule has 39 heavy (non-hydrogen) atoms. The molecular weight excluding hydrogens is 674 g/mol. The Morgan fingerprint density at radius 2 is 1.79 bits per heavy atom. The molecule has 0 saturated carbocycles. The number of methoxy groups -OCH3 is 1. The van der Waals surface area contributed by atoms with Crippen molar-refractivity contribution in [1.29, 1.82) is 0 Å². The van der Waals surface area contributed by atoms with Gasteiger partial charge in [-0.3, -0.25) is 14.5 Å². The quantitative estimate of drug-likeness (QED) is 0.107. The van der Waals surface area contributed by atoms with Gasteiger partial charge in [-0.25, -0.2) is 0 Å². The van der Waals surface area contributed by atoms with Gasteiger partial charge in [0.2, 0.25) is 0 Å². The van der Waals surface area contributed by atoms with E-state index in [1.54, 1.807) is 42.5 Å². The Labute approximate surface area is 255 Å². The van der Waals surface area contributed by atoms with Crippen molar-refractivity contribution in [2.75, 3.05) is 25.2 Å². The monoisotopic (exact) mass is 696 g/mol. The Bertz CT molecular complexity index is 1450. The van der Waals surface area contributed by atoms with Crippen molar-refractivity contribution in [3.8, 4) is 11.5 Å². The van der Waals surface area contributed by atoms with Crippen LogP contribution >= 0.6 is 58.0 Å². The number of ether oxygens (including phenoxy) is 3. The number of carbonyl (C=O) groups is 2. The summed E-state index contributed by atoms with van der Waals surface area (Å²) in [4.78, 5) is 28.6. The maximum absolute atomic E-state index is 13.6. The van der Waals surface area contributed by atoms with Crippen LogP contribution in [0.3, 0.4) is 0 Å². The maximum Gasteiger partial charge on any atom is 0.325 e. The molecule has 4 rings (SSSR count). The molecule has 1 fully saturated rings. The smallest absolute Gasteiger partial charge is 0.325 e. The minimum atomic E-state index is -0.539. The van der Waals surface area contributed by atoms with Crippen LogP contribution in [0.25, 0.3) is 6.08 Å². The first kappa shape index (κ1) is 29.1. The van der Waals surface area contributed by atoms with E-state index >= 15 is 0 Å². The summed E-state index contributed by atoms with van der Waals surface area (Å²) in [5, 5.41) is 1.30. The van der Waals surface area contributed by atoms with Gasteiger partial charge in [0, 0.05) is 10.0 Å². The highest BCUT2D eigenvalue weighted by Gasteiger charge is 2.40. The number of thiocarbonyl (C=S) groups is 1. The molecule has 0 N–H and O–H groups in total. The van der Waals surface area contributed by atoms with Crippen LogP contribution < -0.4 is 14.4 Å². The molecule has 1 heterocycles. The van der Waals surface area contributed by atoms with Crippen LogP contribution in [-0.4, -0.2) is 42.2 Å². The van der Waals surface area contributed by atoms with Gasteiger partial charge in [0.25, 0.3) is 5.91 Å². The number of rotatable bonds is 9. The van der Waals surface area contributed by atoms with Crippen molar-refractivity contribution >= 4 is 86.8 Å². The largest absolute Gasteiger partial charge is 0.490 e. The molecule has 7 nitrogen and oxygen atoms in total. The number of benzene rings is 3. The lowest BCUT2D eigenvalue weighted by molar-refractivity contribution is -0.140. The molecule has 0 atom stereocenters. The number of nitrogens with zero attached hydrogens (tertiary/aromatic N) is 2. The molecule has 3 aromatic carbocycles.